The number of ether oxygens (including phenoxy) is 2. The van der Waals surface area contributed by atoms with Crippen LogP contribution in [0, 0.1) is 11.3 Å². The monoisotopic (exact) mass is 490 g/mol. The standard InChI is InChI=1S/C29H34N2O5/c1-35-28(34)29-13-6-2-3-12-25(29)31(20-22-10-7-9-21-8-4-5-11-24(21)22)27(33)23(19-29)18-26(32)30-14-16-36-17-15-30/h4-5,7-12,23H,2-3,6,13-20H2,1H3/t23-,29+/m1/s1. The van der Waals surface area contributed by atoms with E-state index in [9.17, 15) is 14.4 Å². The Labute approximate surface area is 212 Å². The summed E-state index contributed by atoms with van der Waals surface area (Å²) in [7, 11) is 1.42. The van der Waals surface area contributed by atoms with Gasteiger partial charge in [-0.05, 0) is 42.0 Å². The van der Waals surface area contributed by atoms with E-state index in [0.29, 0.717) is 45.7 Å². The quantitative estimate of drug-likeness (QED) is 0.591. The van der Waals surface area contributed by atoms with Gasteiger partial charge in [-0.2, -0.15) is 0 Å². The van der Waals surface area contributed by atoms with E-state index in [1.807, 2.05) is 24.3 Å². The van der Waals surface area contributed by atoms with Gasteiger partial charge >= 0.3 is 5.97 Å². The van der Waals surface area contributed by atoms with Gasteiger partial charge in [0, 0.05) is 31.1 Å². The first-order chi connectivity index (χ1) is 17.5. The number of benzene rings is 2. The van der Waals surface area contributed by atoms with Crippen LogP contribution in [0.5, 0.6) is 0 Å². The first kappa shape index (κ1) is 24.5. The fourth-order valence-electron chi connectivity index (χ4n) is 6.12. The summed E-state index contributed by atoms with van der Waals surface area (Å²) in [4.78, 5) is 44.2. The van der Waals surface area contributed by atoms with Crippen molar-refractivity contribution in [1.82, 2.24) is 9.80 Å². The van der Waals surface area contributed by atoms with Crippen LogP contribution < -0.4 is 0 Å². The van der Waals surface area contributed by atoms with Gasteiger partial charge in [-0.3, -0.25) is 14.4 Å². The lowest BCUT2D eigenvalue weighted by atomic mass is 9.68. The van der Waals surface area contributed by atoms with E-state index in [4.69, 9.17) is 9.47 Å². The minimum atomic E-state index is -0.917. The summed E-state index contributed by atoms with van der Waals surface area (Å²) in [6.07, 6.45) is 5.72. The van der Waals surface area contributed by atoms with Crippen LogP contribution in [0.3, 0.4) is 0 Å². The molecule has 2 atom stereocenters. The summed E-state index contributed by atoms with van der Waals surface area (Å²) in [6, 6.07) is 14.2. The molecule has 190 valence electrons. The Kier molecular flexibility index (Phi) is 7.10. The molecule has 0 radical (unpaired) electrons. The number of carbonyl (C=O) groups excluding carboxylic acids is 3. The first-order valence-corrected chi connectivity index (χ1v) is 13.0. The number of amides is 2. The maximum Gasteiger partial charge on any atom is 0.317 e. The van der Waals surface area contributed by atoms with Gasteiger partial charge in [-0.25, -0.2) is 0 Å². The molecule has 0 bridgehead atoms. The molecule has 1 aliphatic carbocycles. The van der Waals surface area contributed by atoms with Crippen LogP contribution in [-0.4, -0.2) is 61.0 Å². The average molecular weight is 491 g/mol. The molecule has 36 heavy (non-hydrogen) atoms. The molecular weight excluding hydrogens is 456 g/mol. The third kappa shape index (κ3) is 4.52. The highest BCUT2D eigenvalue weighted by Gasteiger charge is 2.54. The summed E-state index contributed by atoms with van der Waals surface area (Å²) in [5, 5.41) is 2.18. The minimum absolute atomic E-state index is 0.0529. The smallest absolute Gasteiger partial charge is 0.317 e. The molecule has 2 heterocycles. The normalized spacial score (nSPS) is 24.6. The van der Waals surface area contributed by atoms with Gasteiger partial charge in [0.25, 0.3) is 0 Å². The van der Waals surface area contributed by atoms with Gasteiger partial charge in [-0.15, -0.1) is 0 Å². The molecule has 2 fully saturated rings. The number of esters is 1. The van der Waals surface area contributed by atoms with Crippen molar-refractivity contribution >= 4 is 28.6 Å². The SMILES string of the molecule is COC(=O)[C@]12CCCCC=C1N(Cc1cccc3ccccc13)C(=O)[C@H](CC(=O)N1CCOCC1)C2. The maximum absolute atomic E-state index is 14.0. The van der Waals surface area contributed by atoms with Crippen LogP contribution in [0.1, 0.15) is 44.1 Å². The number of nitrogens with zero attached hydrogens (tertiary/aromatic N) is 2. The number of fused-ring (bicyclic) bond motifs is 2. The highest BCUT2D eigenvalue weighted by Crippen LogP contribution is 2.50. The highest BCUT2D eigenvalue weighted by molar-refractivity contribution is 5.93. The average Bonchev–Trinajstić information content (AvgIpc) is 3.14. The van der Waals surface area contributed by atoms with Crippen LogP contribution in [-0.2, 0) is 30.4 Å². The predicted octanol–water partition coefficient (Wildman–Crippen LogP) is 4.05. The lowest BCUT2D eigenvalue weighted by Crippen LogP contribution is -2.53. The van der Waals surface area contributed by atoms with Crippen molar-refractivity contribution in [3.8, 4) is 0 Å². The van der Waals surface area contributed by atoms with Crippen molar-refractivity contribution < 1.29 is 23.9 Å². The first-order valence-electron chi connectivity index (χ1n) is 13.0. The molecule has 2 aromatic carbocycles. The Hall–Kier alpha value is -3.19. The second-order valence-electron chi connectivity index (χ2n) is 10.1. The molecule has 5 rings (SSSR count). The lowest BCUT2D eigenvalue weighted by Gasteiger charge is -2.46. The summed E-state index contributed by atoms with van der Waals surface area (Å²) >= 11 is 0. The van der Waals surface area contributed by atoms with E-state index in [-0.39, 0.29) is 24.2 Å². The third-order valence-electron chi connectivity index (χ3n) is 7.96. The molecule has 7 nitrogen and oxygen atoms in total. The number of morpholine rings is 1. The third-order valence-corrected chi connectivity index (χ3v) is 7.96. The van der Waals surface area contributed by atoms with Gasteiger partial charge in [0.2, 0.25) is 11.8 Å². The van der Waals surface area contributed by atoms with Crippen LogP contribution in [0.4, 0.5) is 0 Å². The van der Waals surface area contributed by atoms with E-state index in [0.717, 1.165) is 41.3 Å². The van der Waals surface area contributed by atoms with Gasteiger partial charge in [0.15, 0.2) is 0 Å². The fraction of sp³-hybridized carbons (Fsp3) is 0.483. The van der Waals surface area contributed by atoms with Crippen molar-refractivity contribution in [3.05, 3.63) is 59.8 Å². The zero-order valence-electron chi connectivity index (χ0n) is 20.9. The number of carbonyl (C=O) groups is 3. The second-order valence-corrected chi connectivity index (χ2v) is 10.1. The van der Waals surface area contributed by atoms with Crippen molar-refractivity contribution in [2.75, 3.05) is 33.4 Å². The van der Waals surface area contributed by atoms with E-state index in [1.165, 1.54) is 7.11 Å². The fourth-order valence-corrected chi connectivity index (χ4v) is 6.12. The lowest BCUT2D eigenvalue weighted by molar-refractivity contribution is -0.160. The molecule has 3 aliphatic rings. The van der Waals surface area contributed by atoms with Gasteiger partial charge < -0.3 is 19.3 Å². The van der Waals surface area contributed by atoms with E-state index in [1.54, 1.807) is 9.80 Å². The molecule has 2 aliphatic heterocycles. The number of hydrogen-bond acceptors (Lipinski definition) is 5. The molecule has 0 saturated carbocycles. The summed E-state index contributed by atoms with van der Waals surface area (Å²) < 4.78 is 10.7. The molecule has 2 amide bonds. The maximum atomic E-state index is 14.0. The van der Waals surface area contributed by atoms with Crippen molar-refractivity contribution in [2.45, 2.75) is 45.1 Å². The van der Waals surface area contributed by atoms with Gasteiger partial charge in [0.05, 0.1) is 26.9 Å². The summed E-state index contributed by atoms with van der Waals surface area (Å²) in [5.41, 5.74) is 0.852. The van der Waals surface area contributed by atoms with E-state index in [2.05, 4.69) is 24.3 Å². The number of hydrogen-bond donors (Lipinski definition) is 0. The van der Waals surface area contributed by atoms with Crippen LogP contribution in [0.2, 0.25) is 0 Å². The topological polar surface area (TPSA) is 76.2 Å². The zero-order chi connectivity index (χ0) is 25.1. The van der Waals surface area contributed by atoms with E-state index >= 15 is 0 Å². The minimum Gasteiger partial charge on any atom is -0.468 e. The Morgan fingerprint density at radius 1 is 1.08 bits per heavy atom. The second kappa shape index (κ2) is 10.4. The number of likely N-dealkylation sites (tertiary alicyclic amines) is 1. The van der Waals surface area contributed by atoms with Crippen LogP contribution in [0.15, 0.2) is 54.2 Å². The molecule has 0 N–H and O–H groups in total. The van der Waals surface area contributed by atoms with Gasteiger partial charge in [-0.1, -0.05) is 55.0 Å². The zero-order valence-corrected chi connectivity index (χ0v) is 20.9. The summed E-state index contributed by atoms with van der Waals surface area (Å²) in [6.45, 7) is 2.44. The van der Waals surface area contributed by atoms with Crippen molar-refractivity contribution in [1.29, 1.82) is 0 Å². The highest BCUT2D eigenvalue weighted by atomic mass is 16.5. The van der Waals surface area contributed by atoms with E-state index < -0.39 is 11.3 Å². The number of rotatable bonds is 5. The molecule has 0 spiro atoms. The van der Waals surface area contributed by atoms with Crippen molar-refractivity contribution in [2.24, 2.45) is 11.3 Å². The largest absolute Gasteiger partial charge is 0.468 e. The molecular formula is C29H34N2O5. The Bertz CT molecular complexity index is 1180. The number of methoxy groups -OCH3 is 1. The number of allylic oxidation sites excluding steroid dienone is 1. The Balaban J connectivity index is 1.53. The van der Waals surface area contributed by atoms with Gasteiger partial charge in [0.1, 0.15) is 5.41 Å². The molecule has 0 aromatic heterocycles. The summed E-state index contributed by atoms with van der Waals surface area (Å²) in [5.74, 6) is -1.03. The Morgan fingerprint density at radius 2 is 1.86 bits per heavy atom. The van der Waals surface area contributed by atoms with Crippen LogP contribution >= 0.6 is 0 Å². The molecule has 2 saturated heterocycles. The Morgan fingerprint density at radius 3 is 2.67 bits per heavy atom. The van der Waals surface area contributed by atoms with Crippen molar-refractivity contribution in [3.63, 3.8) is 0 Å². The molecule has 7 heteroatoms. The molecule has 2 aromatic rings. The molecule has 0 unspecified atom stereocenters. The predicted molar refractivity (Wildman–Crippen MR) is 136 cm³/mol. The van der Waals surface area contributed by atoms with Crippen LogP contribution in [0.25, 0.3) is 10.8 Å². The number of piperidine rings is 1.